The van der Waals surface area contributed by atoms with E-state index in [-0.39, 0.29) is 5.82 Å². The lowest BCUT2D eigenvalue weighted by molar-refractivity contribution is 0.415. The van der Waals surface area contributed by atoms with Crippen LogP contribution >= 0.6 is 15.9 Å². The summed E-state index contributed by atoms with van der Waals surface area (Å²) in [6.45, 7) is 0.349. The fraction of sp³-hybridized carbons (Fsp3) is 0.250. The summed E-state index contributed by atoms with van der Waals surface area (Å²) in [5.41, 5.74) is 7.09. The van der Waals surface area contributed by atoms with Gasteiger partial charge < -0.3 is 15.0 Å². The van der Waals surface area contributed by atoms with Crippen molar-refractivity contribution in [1.82, 2.24) is 9.55 Å². The predicted octanol–water partition coefficient (Wildman–Crippen LogP) is 2.46. The number of hydrogen-bond acceptors (Lipinski definition) is 3. The SMILES string of the molecule is COc1ccc(F)cc1-c1nc(Br)c(CN)n1C. The van der Waals surface area contributed by atoms with Gasteiger partial charge in [-0.3, -0.25) is 0 Å². The molecule has 18 heavy (non-hydrogen) atoms. The lowest BCUT2D eigenvalue weighted by Gasteiger charge is -2.09. The quantitative estimate of drug-likeness (QED) is 0.947. The molecule has 6 heteroatoms. The summed E-state index contributed by atoms with van der Waals surface area (Å²) in [5, 5.41) is 0. The van der Waals surface area contributed by atoms with Crippen LogP contribution in [0.25, 0.3) is 11.4 Å². The molecule has 1 heterocycles. The molecule has 0 spiro atoms. The van der Waals surface area contributed by atoms with Gasteiger partial charge >= 0.3 is 0 Å². The number of nitrogens with two attached hydrogens (primary N) is 1. The van der Waals surface area contributed by atoms with Crippen LogP contribution in [0, 0.1) is 5.82 Å². The Hall–Kier alpha value is -1.40. The number of ether oxygens (including phenoxy) is 1. The molecule has 0 amide bonds. The van der Waals surface area contributed by atoms with Gasteiger partial charge in [0, 0.05) is 13.6 Å². The van der Waals surface area contributed by atoms with Gasteiger partial charge in [-0.25, -0.2) is 9.37 Å². The maximum atomic E-state index is 13.4. The Balaban J connectivity index is 2.65. The Morgan fingerprint density at radius 1 is 1.50 bits per heavy atom. The fourth-order valence-electron chi connectivity index (χ4n) is 1.82. The molecular formula is C12H13BrFN3O. The topological polar surface area (TPSA) is 53.1 Å². The highest BCUT2D eigenvalue weighted by Gasteiger charge is 2.17. The maximum Gasteiger partial charge on any atom is 0.145 e. The Morgan fingerprint density at radius 3 is 2.78 bits per heavy atom. The van der Waals surface area contributed by atoms with Crippen LogP contribution in [-0.4, -0.2) is 16.7 Å². The number of nitrogens with zero attached hydrogens (tertiary/aromatic N) is 2. The first kappa shape index (κ1) is 13.0. The Bertz CT molecular complexity index is 583. The smallest absolute Gasteiger partial charge is 0.145 e. The first-order valence-corrected chi connectivity index (χ1v) is 6.12. The third kappa shape index (κ3) is 2.13. The molecule has 2 aromatic rings. The summed E-state index contributed by atoms with van der Waals surface area (Å²) < 4.78 is 21.1. The fourth-order valence-corrected chi connectivity index (χ4v) is 2.41. The predicted molar refractivity (Wildman–Crippen MR) is 70.7 cm³/mol. The normalized spacial score (nSPS) is 10.7. The van der Waals surface area contributed by atoms with E-state index in [9.17, 15) is 4.39 Å². The number of aromatic nitrogens is 2. The number of benzene rings is 1. The molecular weight excluding hydrogens is 301 g/mol. The van der Waals surface area contributed by atoms with Crippen molar-refractivity contribution in [2.75, 3.05) is 7.11 Å². The molecule has 96 valence electrons. The third-order valence-electron chi connectivity index (χ3n) is 2.76. The Morgan fingerprint density at radius 2 is 2.22 bits per heavy atom. The molecule has 0 radical (unpaired) electrons. The van der Waals surface area contributed by atoms with Gasteiger partial charge in [-0.15, -0.1) is 0 Å². The second-order valence-corrected chi connectivity index (χ2v) is 4.53. The molecule has 2 rings (SSSR count). The molecule has 0 fully saturated rings. The third-order valence-corrected chi connectivity index (χ3v) is 3.40. The van der Waals surface area contributed by atoms with E-state index in [0.717, 1.165) is 5.69 Å². The molecule has 1 aromatic heterocycles. The van der Waals surface area contributed by atoms with E-state index < -0.39 is 0 Å². The van der Waals surface area contributed by atoms with Gasteiger partial charge in [0.25, 0.3) is 0 Å². The van der Waals surface area contributed by atoms with Crippen molar-refractivity contribution < 1.29 is 9.13 Å². The molecule has 1 aromatic carbocycles. The first-order valence-electron chi connectivity index (χ1n) is 5.33. The zero-order chi connectivity index (χ0) is 13.3. The van der Waals surface area contributed by atoms with Crippen LogP contribution in [-0.2, 0) is 13.6 Å². The minimum atomic E-state index is -0.334. The van der Waals surface area contributed by atoms with E-state index >= 15 is 0 Å². The van der Waals surface area contributed by atoms with Gasteiger partial charge in [0.1, 0.15) is 22.0 Å². The van der Waals surface area contributed by atoms with E-state index in [1.165, 1.54) is 12.1 Å². The Kier molecular flexibility index (Phi) is 3.68. The summed E-state index contributed by atoms with van der Waals surface area (Å²) in [5.74, 6) is 0.846. The van der Waals surface area contributed by atoms with Crippen LogP contribution in [0.15, 0.2) is 22.8 Å². The summed E-state index contributed by atoms with van der Waals surface area (Å²) in [4.78, 5) is 4.35. The van der Waals surface area contributed by atoms with Crippen LogP contribution in [0.5, 0.6) is 5.75 Å². The largest absolute Gasteiger partial charge is 0.496 e. The van der Waals surface area contributed by atoms with Crippen LogP contribution in [0.3, 0.4) is 0 Å². The summed E-state index contributed by atoms with van der Waals surface area (Å²) in [7, 11) is 3.37. The second-order valence-electron chi connectivity index (χ2n) is 3.78. The molecule has 4 nitrogen and oxygen atoms in total. The molecule has 0 bridgehead atoms. The summed E-state index contributed by atoms with van der Waals surface area (Å²) in [6.07, 6.45) is 0. The maximum absolute atomic E-state index is 13.4. The van der Waals surface area contributed by atoms with Gasteiger partial charge in [0.2, 0.25) is 0 Å². The average Bonchev–Trinajstić information content (AvgIpc) is 2.64. The molecule has 0 aliphatic rings. The van der Waals surface area contributed by atoms with Crippen molar-refractivity contribution in [2.45, 2.75) is 6.54 Å². The standard InChI is InChI=1S/C12H13BrFN3O/c1-17-9(6-15)11(13)16-12(17)8-5-7(14)3-4-10(8)18-2/h3-5H,6,15H2,1-2H3. The van der Waals surface area contributed by atoms with Crippen LogP contribution in [0.4, 0.5) is 4.39 Å². The van der Waals surface area contributed by atoms with Crippen molar-refractivity contribution in [3.05, 3.63) is 34.3 Å². The number of rotatable bonds is 3. The summed E-state index contributed by atoms with van der Waals surface area (Å²) >= 11 is 3.34. The van der Waals surface area contributed by atoms with E-state index in [4.69, 9.17) is 10.5 Å². The van der Waals surface area contributed by atoms with Crippen LogP contribution < -0.4 is 10.5 Å². The highest BCUT2D eigenvalue weighted by Crippen LogP contribution is 2.32. The molecule has 2 N–H and O–H groups in total. The van der Waals surface area contributed by atoms with Crippen molar-refractivity contribution in [1.29, 1.82) is 0 Å². The monoisotopic (exact) mass is 313 g/mol. The molecule has 0 aliphatic heterocycles. The van der Waals surface area contributed by atoms with Gasteiger partial charge in [-0.2, -0.15) is 0 Å². The van der Waals surface area contributed by atoms with E-state index in [1.54, 1.807) is 13.2 Å². The highest BCUT2D eigenvalue weighted by atomic mass is 79.9. The number of halogens is 2. The van der Waals surface area contributed by atoms with E-state index in [0.29, 0.717) is 28.3 Å². The van der Waals surface area contributed by atoms with Gasteiger partial charge in [-0.05, 0) is 34.1 Å². The lowest BCUT2D eigenvalue weighted by Crippen LogP contribution is -2.05. The zero-order valence-corrected chi connectivity index (χ0v) is 11.7. The van der Waals surface area contributed by atoms with E-state index in [1.807, 2.05) is 11.6 Å². The zero-order valence-electron chi connectivity index (χ0n) is 10.1. The van der Waals surface area contributed by atoms with Crippen molar-refractivity contribution >= 4 is 15.9 Å². The number of methoxy groups -OCH3 is 1. The van der Waals surface area contributed by atoms with Gasteiger partial charge in [-0.1, -0.05) is 0 Å². The van der Waals surface area contributed by atoms with Crippen LogP contribution in [0.1, 0.15) is 5.69 Å². The molecule has 0 unspecified atom stereocenters. The average molecular weight is 314 g/mol. The summed E-state index contributed by atoms with van der Waals surface area (Å²) in [6, 6.07) is 4.33. The molecule has 0 saturated heterocycles. The molecule has 0 atom stereocenters. The van der Waals surface area contributed by atoms with Crippen LogP contribution in [0.2, 0.25) is 0 Å². The molecule has 0 saturated carbocycles. The first-order chi connectivity index (χ1) is 8.58. The van der Waals surface area contributed by atoms with Crippen molar-refractivity contribution in [2.24, 2.45) is 12.8 Å². The number of hydrogen-bond donors (Lipinski definition) is 1. The number of imidazole rings is 1. The Labute approximate surface area is 113 Å². The minimum Gasteiger partial charge on any atom is -0.496 e. The minimum absolute atomic E-state index is 0.334. The second kappa shape index (κ2) is 5.07. The van der Waals surface area contributed by atoms with E-state index in [2.05, 4.69) is 20.9 Å². The van der Waals surface area contributed by atoms with Crippen molar-refractivity contribution in [3.8, 4) is 17.1 Å². The van der Waals surface area contributed by atoms with Gasteiger partial charge in [0.15, 0.2) is 0 Å². The highest BCUT2D eigenvalue weighted by molar-refractivity contribution is 9.10. The van der Waals surface area contributed by atoms with Gasteiger partial charge in [0.05, 0.1) is 18.4 Å². The lowest BCUT2D eigenvalue weighted by atomic mass is 10.2. The van der Waals surface area contributed by atoms with Crippen molar-refractivity contribution in [3.63, 3.8) is 0 Å². The molecule has 0 aliphatic carbocycles.